The number of anilines is 1. The van der Waals surface area contributed by atoms with E-state index in [0.29, 0.717) is 0 Å². The highest BCUT2D eigenvalue weighted by atomic mass is 16.5. The fourth-order valence-electron chi connectivity index (χ4n) is 1.89. The number of nitrogens with zero attached hydrogens (tertiary/aromatic N) is 1. The molecular weight excluding hydrogens is 226 g/mol. The topological polar surface area (TPSA) is 60.2 Å². The van der Waals surface area contributed by atoms with Crippen molar-refractivity contribution in [3.63, 3.8) is 0 Å². The molecule has 1 aromatic heterocycles. The molecule has 0 saturated heterocycles. The summed E-state index contributed by atoms with van der Waals surface area (Å²) in [6.07, 6.45) is 3.90. The summed E-state index contributed by atoms with van der Waals surface area (Å²) in [4.78, 5) is 4.38. The second-order valence-corrected chi connectivity index (χ2v) is 4.17. The largest absolute Gasteiger partial charge is 0.497 e. The molecule has 4 nitrogen and oxygen atoms in total. The second kappa shape index (κ2) is 6.21. The highest BCUT2D eigenvalue weighted by Gasteiger charge is 2.03. The molecule has 2 aromatic rings. The van der Waals surface area contributed by atoms with Gasteiger partial charge in [0.15, 0.2) is 0 Å². The quantitative estimate of drug-likeness (QED) is 0.767. The lowest BCUT2D eigenvalue weighted by atomic mass is 10.1. The lowest BCUT2D eigenvalue weighted by Crippen LogP contribution is -2.07. The van der Waals surface area contributed by atoms with Crippen LogP contribution in [0, 0.1) is 0 Å². The summed E-state index contributed by atoms with van der Waals surface area (Å²) in [5.74, 6) is 1.75. The number of nitrogens with one attached hydrogen (secondary N) is 1. The Morgan fingerprint density at radius 1 is 1.28 bits per heavy atom. The summed E-state index contributed by atoms with van der Waals surface area (Å²) in [6, 6.07) is 8.01. The van der Waals surface area contributed by atoms with Gasteiger partial charge >= 0.3 is 0 Å². The Morgan fingerprint density at radius 2 is 2.17 bits per heavy atom. The first-order chi connectivity index (χ1) is 8.85. The minimum absolute atomic E-state index is 0.735. The van der Waals surface area contributed by atoms with Crippen molar-refractivity contribution in [3.8, 4) is 5.75 Å². The number of nitrogens with two attached hydrogens (primary N) is 1. The lowest BCUT2D eigenvalue weighted by Gasteiger charge is -2.09. The van der Waals surface area contributed by atoms with E-state index in [0.717, 1.165) is 48.3 Å². The van der Waals surface area contributed by atoms with Gasteiger partial charge in [-0.1, -0.05) is 6.07 Å². The number of aromatic nitrogens is 1. The number of hydrogen-bond acceptors (Lipinski definition) is 4. The molecule has 0 aliphatic carbocycles. The first kappa shape index (κ1) is 12.6. The van der Waals surface area contributed by atoms with E-state index in [1.54, 1.807) is 7.11 Å². The van der Waals surface area contributed by atoms with Crippen LogP contribution in [0.15, 0.2) is 30.5 Å². The summed E-state index contributed by atoms with van der Waals surface area (Å²) < 4.78 is 5.25. The van der Waals surface area contributed by atoms with E-state index < -0.39 is 0 Å². The average molecular weight is 245 g/mol. The smallest absolute Gasteiger partial charge is 0.133 e. The number of unbranched alkanes of at least 4 members (excludes halogenated alkanes) is 1. The maximum Gasteiger partial charge on any atom is 0.133 e. The molecule has 0 atom stereocenters. The Hall–Kier alpha value is -1.81. The van der Waals surface area contributed by atoms with Crippen LogP contribution in [0.1, 0.15) is 12.8 Å². The Kier molecular flexibility index (Phi) is 4.36. The number of fused-ring (bicyclic) bond motifs is 1. The van der Waals surface area contributed by atoms with Gasteiger partial charge in [-0.2, -0.15) is 0 Å². The standard InChI is InChI=1S/C14H19N3O/c1-18-12-5-4-11-6-9-17-14(13(11)10-12)16-8-3-2-7-15/h4-6,9-10H,2-3,7-8,15H2,1H3,(H,16,17). The van der Waals surface area contributed by atoms with Gasteiger partial charge in [0.25, 0.3) is 0 Å². The average Bonchev–Trinajstić information content (AvgIpc) is 2.43. The van der Waals surface area contributed by atoms with Gasteiger partial charge in [-0.25, -0.2) is 4.98 Å². The SMILES string of the molecule is COc1ccc2ccnc(NCCCCN)c2c1. The van der Waals surface area contributed by atoms with Crippen LogP contribution in [-0.4, -0.2) is 25.2 Å². The highest BCUT2D eigenvalue weighted by Crippen LogP contribution is 2.25. The predicted molar refractivity (Wildman–Crippen MR) is 75.1 cm³/mol. The predicted octanol–water partition coefficient (Wildman–Crippen LogP) is 2.39. The van der Waals surface area contributed by atoms with Crippen molar-refractivity contribution in [3.05, 3.63) is 30.5 Å². The van der Waals surface area contributed by atoms with E-state index in [9.17, 15) is 0 Å². The molecule has 4 heteroatoms. The van der Waals surface area contributed by atoms with Gasteiger partial charge in [0, 0.05) is 18.1 Å². The number of rotatable bonds is 6. The fraction of sp³-hybridized carbons (Fsp3) is 0.357. The van der Waals surface area contributed by atoms with E-state index in [2.05, 4.69) is 10.3 Å². The van der Waals surface area contributed by atoms with Crippen molar-refractivity contribution in [2.75, 3.05) is 25.5 Å². The van der Waals surface area contributed by atoms with Crippen LogP contribution in [-0.2, 0) is 0 Å². The van der Waals surface area contributed by atoms with Crippen molar-refractivity contribution in [1.29, 1.82) is 0 Å². The van der Waals surface area contributed by atoms with E-state index in [1.165, 1.54) is 0 Å². The molecule has 0 saturated carbocycles. The minimum Gasteiger partial charge on any atom is -0.497 e. The fourth-order valence-corrected chi connectivity index (χ4v) is 1.89. The molecule has 0 unspecified atom stereocenters. The van der Waals surface area contributed by atoms with E-state index in [4.69, 9.17) is 10.5 Å². The summed E-state index contributed by atoms with van der Waals surface area (Å²) in [7, 11) is 1.67. The first-order valence-corrected chi connectivity index (χ1v) is 6.22. The van der Waals surface area contributed by atoms with Crippen LogP contribution < -0.4 is 15.8 Å². The van der Waals surface area contributed by atoms with Crippen molar-refractivity contribution in [2.45, 2.75) is 12.8 Å². The number of ether oxygens (including phenoxy) is 1. The molecule has 0 amide bonds. The van der Waals surface area contributed by atoms with Gasteiger partial charge in [0.05, 0.1) is 7.11 Å². The molecule has 96 valence electrons. The van der Waals surface area contributed by atoms with Gasteiger partial charge in [-0.05, 0) is 43.0 Å². The van der Waals surface area contributed by atoms with Crippen molar-refractivity contribution >= 4 is 16.6 Å². The molecule has 0 bridgehead atoms. The van der Waals surface area contributed by atoms with E-state index in [-0.39, 0.29) is 0 Å². The summed E-state index contributed by atoms with van der Waals surface area (Å²) in [5, 5.41) is 5.60. The first-order valence-electron chi connectivity index (χ1n) is 6.22. The number of methoxy groups -OCH3 is 1. The minimum atomic E-state index is 0.735. The molecule has 0 radical (unpaired) electrons. The van der Waals surface area contributed by atoms with Crippen LogP contribution in [0.2, 0.25) is 0 Å². The molecule has 1 aromatic carbocycles. The zero-order chi connectivity index (χ0) is 12.8. The van der Waals surface area contributed by atoms with Gasteiger partial charge in [0.2, 0.25) is 0 Å². The van der Waals surface area contributed by atoms with Crippen LogP contribution in [0.5, 0.6) is 5.75 Å². The Morgan fingerprint density at radius 3 is 2.94 bits per heavy atom. The summed E-state index contributed by atoms with van der Waals surface area (Å²) in [6.45, 7) is 1.62. The molecule has 18 heavy (non-hydrogen) atoms. The third-order valence-corrected chi connectivity index (χ3v) is 2.90. The van der Waals surface area contributed by atoms with Gasteiger partial charge in [-0.3, -0.25) is 0 Å². The monoisotopic (exact) mass is 245 g/mol. The summed E-state index contributed by atoms with van der Waals surface area (Å²) in [5.41, 5.74) is 5.48. The molecular formula is C14H19N3O. The van der Waals surface area contributed by atoms with E-state index in [1.807, 2.05) is 30.5 Å². The third-order valence-electron chi connectivity index (χ3n) is 2.90. The van der Waals surface area contributed by atoms with Crippen LogP contribution in [0.25, 0.3) is 10.8 Å². The number of hydrogen-bond donors (Lipinski definition) is 2. The zero-order valence-electron chi connectivity index (χ0n) is 10.6. The van der Waals surface area contributed by atoms with Crippen molar-refractivity contribution in [1.82, 2.24) is 4.98 Å². The number of benzene rings is 1. The van der Waals surface area contributed by atoms with Crippen LogP contribution in [0.3, 0.4) is 0 Å². The van der Waals surface area contributed by atoms with Gasteiger partial charge in [-0.15, -0.1) is 0 Å². The van der Waals surface area contributed by atoms with Gasteiger partial charge in [0.1, 0.15) is 11.6 Å². The molecule has 2 rings (SSSR count). The Balaban J connectivity index is 2.20. The third kappa shape index (κ3) is 2.90. The molecule has 0 aliphatic rings. The maximum atomic E-state index is 5.48. The van der Waals surface area contributed by atoms with Crippen LogP contribution in [0.4, 0.5) is 5.82 Å². The zero-order valence-corrected chi connectivity index (χ0v) is 10.6. The second-order valence-electron chi connectivity index (χ2n) is 4.17. The molecule has 3 N–H and O–H groups in total. The van der Waals surface area contributed by atoms with E-state index >= 15 is 0 Å². The molecule has 0 aliphatic heterocycles. The summed E-state index contributed by atoms with van der Waals surface area (Å²) >= 11 is 0. The molecule has 0 fully saturated rings. The molecule has 1 heterocycles. The van der Waals surface area contributed by atoms with Gasteiger partial charge < -0.3 is 15.8 Å². The van der Waals surface area contributed by atoms with Crippen LogP contribution >= 0.6 is 0 Å². The van der Waals surface area contributed by atoms with Crippen molar-refractivity contribution < 1.29 is 4.74 Å². The lowest BCUT2D eigenvalue weighted by molar-refractivity contribution is 0.415. The highest BCUT2D eigenvalue weighted by molar-refractivity contribution is 5.92. The maximum absolute atomic E-state index is 5.48. The normalized spacial score (nSPS) is 10.6. The Bertz CT molecular complexity index is 513. The van der Waals surface area contributed by atoms with Crippen molar-refractivity contribution in [2.24, 2.45) is 5.73 Å². The Labute approximate surface area is 107 Å². The number of pyridine rings is 1. The molecule has 0 spiro atoms.